The van der Waals surface area contributed by atoms with Crippen LogP contribution in [0.4, 0.5) is 0 Å². The van der Waals surface area contributed by atoms with E-state index < -0.39 is 16.5 Å². The Balaban J connectivity index is 1.60. The van der Waals surface area contributed by atoms with E-state index in [-0.39, 0.29) is 11.2 Å². The summed E-state index contributed by atoms with van der Waals surface area (Å²) in [6.07, 6.45) is 3.27. The summed E-state index contributed by atoms with van der Waals surface area (Å²) in [4.78, 5) is 15.5. The van der Waals surface area contributed by atoms with Crippen molar-refractivity contribution in [1.29, 1.82) is 0 Å². The first kappa shape index (κ1) is 20.8. The molecule has 1 saturated heterocycles. The normalized spacial score (nSPS) is 21.3. The maximum absolute atomic E-state index is 12.2. The van der Waals surface area contributed by atoms with Crippen molar-refractivity contribution in [3.05, 3.63) is 95.7 Å². The Labute approximate surface area is 188 Å². The number of benzene rings is 3. The maximum atomic E-state index is 12.2. The van der Waals surface area contributed by atoms with E-state index in [1.54, 1.807) is 0 Å². The number of carbonyl (C=O) groups is 1. The molecule has 164 valence electrons. The van der Waals surface area contributed by atoms with Crippen LogP contribution in [0.15, 0.2) is 79.0 Å². The minimum Gasteiger partial charge on any atom is -0.366 e. The topological polar surface area (TPSA) is 99.3 Å². The SMILES string of the molecule is NC(=O)c1cc(-c2ccccc2)cc2c([C@H]3CCS(O)(O)[C@@H](c4ccccc4)C3)c[nH]c12. The van der Waals surface area contributed by atoms with Gasteiger partial charge in [0.1, 0.15) is 0 Å². The number of aromatic amines is 1. The van der Waals surface area contributed by atoms with Gasteiger partial charge in [0.25, 0.3) is 5.91 Å². The zero-order valence-corrected chi connectivity index (χ0v) is 18.4. The largest absolute Gasteiger partial charge is 0.366 e. The summed E-state index contributed by atoms with van der Waals surface area (Å²) in [5.74, 6) is 0.0344. The van der Waals surface area contributed by atoms with Crippen molar-refractivity contribution in [1.82, 2.24) is 4.98 Å². The average molecular weight is 447 g/mol. The number of nitrogens with one attached hydrogen (secondary N) is 1. The van der Waals surface area contributed by atoms with Crippen LogP contribution in [0.1, 0.15) is 45.5 Å². The number of rotatable bonds is 4. The molecule has 1 amide bonds. The van der Waals surface area contributed by atoms with E-state index in [0.29, 0.717) is 24.2 Å². The van der Waals surface area contributed by atoms with Crippen LogP contribution in [0.5, 0.6) is 0 Å². The molecule has 2 heterocycles. The molecule has 5 rings (SSSR count). The molecule has 0 aliphatic carbocycles. The quantitative estimate of drug-likeness (QED) is 0.296. The van der Waals surface area contributed by atoms with Crippen LogP contribution in [0, 0.1) is 0 Å². The van der Waals surface area contributed by atoms with Gasteiger partial charge in [-0.15, -0.1) is 0 Å². The molecule has 0 unspecified atom stereocenters. The summed E-state index contributed by atoms with van der Waals surface area (Å²) in [6, 6.07) is 23.6. The highest BCUT2D eigenvalue weighted by atomic mass is 32.3. The molecule has 1 aromatic heterocycles. The molecule has 0 radical (unpaired) electrons. The molecule has 1 fully saturated rings. The Morgan fingerprint density at radius 1 is 0.969 bits per heavy atom. The molecule has 5 N–H and O–H groups in total. The van der Waals surface area contributed by atoms with Gasteiger partial charge in [-0.2, -0.15) is 10.6 Å². The molecule has 1 aliphatic heterocycles. The van der Waals surface area contributed by atoms with E-state index in [9.17, 15) is 13.9 Å². The monoisotopic (exact) mass is 446 g/mol. The van der Waals surface area contributed by atoms with Crippen LogP contribution in [-0.2, 0) is 0 Å². The van der Waals surface area contributed by atoms with Gasteiger partial charge in [0.15, 0.2) is 0 Å². The predicted octanol–water partition coefficient (Wildman–Crippen LogP) is 6.30. The summed E-state index contributed by atoms with van der Waals surface area (Å²) in [5.41, 5.74) is 10.9. The standard InChI is InChI=1S/C26H26N2O3S/c27-26(29)22-14-20(17-7-3-1-4-8-17)13-21-23(16-28-25(21)22)19-11-12-32(30,31)24(15-19)18-9-5-2-6-10-18/h1-10,13-14,16,19,24,28,30-31H,11-12,15H2,(H2,27,29)/t19-,24+/m0/s1. The minimum atomic E-state index is -2.71. The van der Waals surface area contributed by atoms with Gasteiger partial charge in [0.2, 0.25) is 0 Å². The van der Waals surface area contributed by atoms with Gasteiger partial charge in [0, 0.05) is 17.3 Å². The van der Waals surface area contributed by atoms with Gasteiger partial charge in [-0.25, -0.2) is 0 Å². The number of primary amides is 1. The Kier molecular flexibility index (Phi) is 5.29. The zero-order chi connectivity index (χ0) is 22.3. The lowest BCUT2D eigenvalue weighted by Crippen LogP contribution is -2.23. The van der Waals surface area contributed by atoms with Crippen molar-refractivity contribution < 1.29 is 13.9 Å². The van der Waals surface area contributed by atoms with Gasteiger partial charge in [-0.1, -0.05) is 60.7 Å². The van der Waals surface area contributed by atoms with E-state index >= 15 is 0 Å². The van der Waals surface area contributed by atoms with E-state index in [1.807, 2.05) is 72.9 Å². The number of nitrogens with two attached hydrogens (primary N) is 1. The molecule has 5 nitrogen and oxygen atoms in total. The third-order valence-electron chi connectivity index (χ3n) is 6.53. The summed E-state index contributed by atoms with van der Waals surface area (Å²) in [5, 5.41) is 0.663. The second-order valence-electron chi connectivity index (χ2n) is 8.46. The molecule has 1 aliphatic rings. The Hall–Kier alpha value is -3.06. The number of hydrogen-bond donors (Lipinski definition) is 4. The summed E-state index contributed by atoms with van der Waals surface area (Å²) in [7, 11) is -2.71. The number of hydrogen-bond acceptors (Lipinski definition) is 3. The number of aromatic nitrogens is 1. The minimum absolute atomic E-state index is 0.139. The molecule has 3 aromatic carbocycles. The van der Waals surface area contributed by atoms with Crippen LogP contribution in [0.25, 0.3) is 22.0 Å². The molecule has 4 aromatic rings. The van der Waals surface area contributed by atoms with Crippen molar-refractivity contribution in [3.8, 4) is 11.1 Å². The fourth-order valence-electron chi connectivity index (χ4n) is 4.87. The summed E-state index contributed by atoms with van der Waals surface area (Å²) < 4.78 is 21.6. The first-order valence-corrected chi connectivity index (χ1v) is 12.5. The molecular formula is C26H26N2O3S. The van der Waals surface area contributed by atoms with Crippen LogP contribution < -0.4 is 5.73 Å². The van der Waals surface area contributed by atoms with Gasteiger partial charge in [-0.05, 0) is 53.1 Å². The first-order chi connectivity index (χ1) is 15.4. The highest BCUT2D eigenvalue weighted by Gasteiger charge is 2.36. The maximum Gasteiger partial charge on any atom is 0.250 e. The van der Waals surface area contributed by atoms with Crippen molar-refractivity contribution in [2.75, 3.05) is 5.75 Å². The van der Waals surface area contributed by atoms with E-state index in [0.717, 1.165) is 33.2 Å². The lowest BCUT2D eigenvalue weighted by Gasteiger charge is -2.46. The smallest absolute Gasteiger partial charge is 0.250 e. The number of H-pyrrole nitrogens is 1. The average Bonchev–Trinajstić information content (AvgIpc) is 3.23. The highest BCUT2D eigenvalue weighted by molar-refractivity contribution is 8.24. The Morgan fingerprint density at radius 3 is 2.34 bits per heavy atom. The van der Waals surface area contributed by atoms with Gasteiger partial charge in [0.05, 0.1) is 16.3 Å². The van der Waals surface area contributed by atoms with Gasteiger partial charge >= 0.3 is 0 Å². The molecule has 0 saturated carbocycles. The zero-order valence-electron chi connectivity index (χ0n) is 17.6. The molecule has 6 heteroatoms. The lowest BCUT2D eigenvalue weighted by molar-refractivity contribution is 0.100. The van der Waals surface area contributed by atoms with Crippen LogP contribution >= 0.6 is 10.6 Å². The fourth-order valence-corrected chi connectivity index (χ4v) is 6.92. The third kappa shape index (κ3) is 3.71. The Morgan fingerprint density at radius 2 is 1.66 bits per heavy atom. The van der Waals surface area contributed by atoms with Crippen LogP contribution in [0.3, 0.4) is 0 Å². The molecule has 0 bridgehead atoms. The first-order valence-electron chi connectivity index (χ1n) is 10.7. The number of amides is 1. The van der Waals surface area contributed by atoms with Crippen molar-refractivity contribution in [2.45, 2.75) is 24.0 Å². The second kappa shape index (κ2) is 8.13. The second-order valence-corrected chi connectivity index (χ2v) is 10.9. The van der Waals surface area contributed by atoms with Crippen molar-refractivity contribution in [2.24, 2.45) is 5.73 Å². The fraction of sp³-hybridized carbons (Fsp3) is 0.192. The van der Waals surface area contributed by atoms with Gasteiger partial charge in [-0.3, -0.25) is 13.9 Å². The highest BCUT2D eigenvalue weighted by Crippen LogP contribution is 2.62. The van der Waals surface area contributed by atoms with Gasteiger partial charge < -0.3 is 10.7 Å². The van der Waals surface area contributed by atoms with Crippen molar-refractivity contribution in [3.63, 3.8) is 0 Å². The van der Waals surface area contributed by atoms with E-state index in [4.69, 9.17) is 5.73 Å². The Bertz CT molecular complexity index is 1270. The van der Waals surface area contributed by atoms with Crippen LogP contribution in [0.2, 0.25) is 0 Å². The number of carbonyl (C=O) groups excluding carboxylic acids is 1. The summed E-state index contributed by atoms with van der Waals surface area (Å²) >= 11 is 0. The molecular weight excluding hydrogens is 420 g/mol. The third-order valence-corrected chi connectivity index (χ3v) is 8.74. The lowest BCUT2D eigenvalue weighted by atomic mass is 9.88. The number of fused-ring (bicyclic) bond motifs is 1. The van der Waals surface area contributed by atoms with Crippen LogP contribution in [-0.4, -0.2) is 25.7 Å². The van der Waals surface area contributed by atoms with E-state index in [1.165, 1.54) is 0 Å². The molecule has 2 atom stereocenters. The van der Waals surface area contributed by atoms with Crippen molar-refractivity contribution >= 4 is 27.4 Å². The van der Waals surface area contributed by atoms with E-state index in [2.05, 4.69) is 11.1 Å². The molecule has 32 heavy (non-hydrogen) atoms. The summed E-state index contributed by atoms with van der Waals surface area (Å²) in [6.45, 7) is 0. The molecule has 0 spiro atoms. The predicted molar refractivity (Wildman–Crippen MR) is 131 cm³/mol.